The van der Waals surface area contributed by atoms with Crippen LogP contribution in [0.15, 0.2) is 12.1 Å². The van der Waals surface area contributed by atoms with Crippen LogP contribution in [0.1, 0.15) is 0 Å². The standard InChI is InChI=1S/C9H7I2NO6S/c1-19(16,17)12-8(14)9(15)18-7-5(11)2-4(10)3-6(7)13/h2-3,13H,1H3,(H,12,14). The molecule has 0 heterocycles. The summed E-state index contributed by atoms with van der Waals surface area (Å²) in [6.45, 7) is 0. The minimum absolute atomic E-state index is 0.199. The second-order valence-corrected chi connectivity index (χ2v) is 7.49. The van der Waals surface area contributed by atoms with Gasteiger partial charge in [-0.3, -0.25) is 4.79 Å². The Balaban J connectivity index is 2.92. The summed E-state index contributed by atoms with van der Waals surface area (Å²) in [5.41, 5.74) is 0. The zero-order chi connectivity index (χ0) is 14.8. The number of halogens is 2. The van der Waals surface area contributed by atoms with Crippen molar-refractivity contribution in [1.82, 2.24) is 4.72 Å². The van der Waals surface area contributed by atoms with Crippen LogP contribution in [0.3, 0.4) is 0 Å². The quantitative estimate of drug-likeness (QED) is 0.261. The van der Waals surface area contributed by atoms with Crippen molar-refractivity contribution in [3.8, 4) is 11.5 Å². The van der Waals surface area contributed by atoms with Crippen molar-refractivity contribution < 1.29 is 27.9 Å². The van der Waals surface area contributed by atoms with E-state index in [1.54, 1.807) is 28.7 Å². The SMILES string of the molecule is CS(=O)(=O)NC(=O)C(=O)Oc1c(O)cc(I)cc1I. The second-order valence-electron chi connectivity index (χ2n) is 3.33. The third-order valence-corrected chi connectivity index (χ3v) is 3.63. The molecule has 0 aliphatic heterocycles. The number of benzene rings is 1. The van der Waals surface area contributed by atoms with Gasteiger partial charge in [-0.2, -0.15) is 0 Å². The van der Waals surface area contributed by atoms with Crippen molar-refractivity contribution in [2.75, 3.05) is 6.26 Å². The smallest absolute Gasteiger partial charge is 0.403 e. The van der Waals surface area contributed by atoms with Crippen LogP contribution in [0, 0.1) is 7.14 Å². The topological polar surface area (TPSA) is 110 Å². The second kappa shape index (κ2) is 6.21. The number of hydrogen-bond acceptors (Lipinski definition) is 6. The lowest BCUT2D eigenvalue weighted by molar-refractivity contribution is -0.147. The number of sulfonamides is 1. The van der Waals surface area contributed by atoms with Crippen LogP contribution in [0.25, 0.3) is 0 Å². The van der Waals surface area contributed by atoms with E-state index in [1.807, 2.05) is 22.6 Å². The summed E-state index contributed by atoms with van der Waals surface area (Å²) in [6, 6.07) is 2.94. The molecule has 0 spiro atoms. The molecule has 0 aromatic heterocycles. The molecule has 104 valence electrons. The lowest BCUT2D eigenvalue weighted by atomic mass is 10.3. The number of carbonyl (C=O) groups is 2. The molecule has 0 saturated heterocycles. The summed E-state index contributed by atoms with van der Waals surface area (Å²) in [7, 11) is -3.85. The molecule has 0 fully saturated rings. The van der Waals surface area contributed by atoms with Gasteiger partial charge in [-0.25, -0.2) is 17.9 Å². The van der Waals surface area contributed by atoms with E-state index < -0.39 is 21.9 Å². The molecular formula is C9H7I2NO6S. The normalized spacial score (nSPS) is 10.9. The van der Waals surface area contributed by atoms with E-state index in [9.17, 15) is 23.1 Å². The third-order valence-electron chi connectivity index (χ3n) is 1.65. The summed E-state index contributed by atoms with van der Waals surface area (Å²) >= 11 is 3.75. The van der Waals surface area contributed by atoms with Crippen molar-refractivity contribution in [1.29, 1.82) is 0 Å². The fourth-order valence-corrected chi connectivity index (χ4v) is 3.34. The molecule has 1 rings (SSSR count). The predicted molar refractivity (Wildman–Crippen MR) is 82.2 cm³/mol. The van der Waals surface area contributed by atoms with Crippen LogP contribution >= 0.6 is 45.2 Å². The van der Waals surface area contributed by atoms with Gasteiger partial charge in [0.25, 0.3) is 0 Å². The molecule has 1 amide bonds. The summed E-state index contributed by atoms with van der Waals surface area (Å²) in [4.78, 5) is 22.6. The number of nitrogens with one attached hydrogen (secondary N) is 1. The summed E-state index contributed by atoms with van der Waals surface area (Å²) in [6.07, 6.45) is 0.726. The van der Waals surface area contributed by atoms with Crippen molar-refractivity contribution >= 4 is 67.1 Å². The van der Waals surface area contributed by atoms with Gasteiger partial charge in [-0.1, -0.05) is 0 Å². The van der Waals surface area contributed by atoms with Gasteiger partial charge in [0.2, 0.25) is 10.0 Å². The van der Waals surface area contributed by atoms with Gasteiger partial charge in [0.05, 0.1) is 9.83 Å². The van der Waals surface area contributed by atoms with Crippen LogP contribution in [0.4, 0.5) is 0 Å². The molecule has 0 bridgehead atoms. The minimum atomic E-state index is -3.85. The van der Waals surface area contributed by atoms with Crippen LogP contribution in [-0.2, 0) is 19.6 Å². The Kier molecular flexibility index (Phi) is 5.37. The van der Waals surface area contributed by atoms with Crippen LogP contribution in [-0.4, -0.2) is 31.7 Å². The molecule has 10 heteroatoms. The average Bonchev–Trinajstić information content (AvgIpc) is 2.20. The van der Waals surface area contributed by atoms with Gasteiger partial charge in [-0.15, -0.1) is 0 Å². The number of carbonyl (C=O) groups excluding carboxylic acids is 2. The van der Waals surface area contributed by atoms with E-state index in [2.05, 4.69) is 4.74 Å². The van der Waals surface area contributed by atoms with Gasteiger partial charge >= 0.3 is 11.9 Å². The number of ether oxygens (including phenoxy) is 1. The van der Waals surface area contributed by atoms with Crippen molar-refractivity contribution in [3.63, 3.8) is 0 Å². The molecule has 0 radical (unpaired) electrons. The summed E-state index contributed by atoms with van der Waals surface area (Å²) in [5.74, 6) is -3.39. The lowest BCUT2D eigenvalue weighted by Crippen LogP contribution is -2.37. The highest BCUT2D eigenvalue weighted by atomic mass is 127. The number of esters is 1. The Hall–Kier alpha value is -0.630. The van der Waals surface area contributed by atoms with E-state index in [-0.39, 0.29) is 11.5 Å². The fraction of sp³-hybridized carbons (Fsp3) is 0.111. The van der Waals surface area contributed by atoms with Crippen molar-refractivity contribution in [2.24, 2.45) is 0 Å². The van der Waals surface area contributed by atoms with E-state index in [4.69, 9.17) is 0 Å². The van der Waals surface area contributed by atoms with Gasteiger partial charge in [-0.05, 0) is 57.3 Å². The van der Waals surface area contributed by atoms with E-state index in [1.165, 1.54) is 10.8 Å². The first kappa shape index (κ1) is 16.4. The van der Waals surface area contributed by atoms with Crippen molar-refractivity contribution in [2.45, 2.75) is 0 Å². The highest BCUT2D eigenvalue weighted by Crippen LogP contribution is 2.33. The highest BCUT2D eigenvalue weighted by molar-refractivity contribution is 14.1. The molecule has 0 unspecified atom stereocenters. The first-order valence-electron chi connectivity index (χ1n) is 4.52. The Bertz CT molecular complexity index is 619. The maximum Gasteiger partial charge on any atom is 0.403 e. The molecule has 1 aromatic rings. The zero-order valence-electron chi connectivity index (χ0n) is 9.31. The van der Waals surface area contributed by atoms with Gasteiger partial charge in [0.1, 0.15) is 0 Å². The maximum atomic E-state index is 11.4. The number of phenolic OH excluding ortho intramolecular Hbond substituents is 1. The Morgan fingerprint density at radius 2 is 1.89 bits per heavy atom. The largest absolute Gasteiger partial charge is 0.504 e. The molecular weight excluding hydrogens is 504 g/mol. The molecule has 1 aromatic carbocycles. The van der Waals surface area contributed by atoms with E-state index in [0.717, 1.165) is 6.26 Å². The molecule has 19 heavy (non-hydrogen) atoms. The first-order valence-corrected chi connectivity index (χ1v) is 8.57. The molecule has 0 atom stereocenters. The van der Waals surface area contributed by atoms with Crippen LogP contribution in [0.2, 0.25) is 0 Å². The number of aromatic hydroxyl groups is 1. The van der Waals surface area contributed by atoms with Crippen molar-refractivity contribution in [3.05, 3.63) is 19.3 Å². The zero-order valence-corrected chi connectivity index (χ0v) is 14.4. The number of hydrogen-bond donors (Lipinski definition) is 2. The number of rotatable bonds is 2. The fourth-order valence-electron chi connectivity index (χ4n) is 0.997. The summed E-state index contributed by atoms with van der Waals surface area (Å²) in [5, 5.41) is 9.60. The highest BCUT2D eigenvalue weighted by Gasteiger charge is 2.22. The monoisotopic (exact) mass is 511 g/mol. The van der Waals surface area contributed by atoms with Crippen LogP contribution in [0.5, 0.6) is 11.5 Å². The van der Waals surface area contributed by atoms with Gasteiger partial charge < -0.3 is 9.84 Å². The Labute approximate surface area is 136 Å². The molecule has 0 aliphatic rings. The predicted octanol–water partition coefficient (Wildman–Crippen LogP) is 0.583. The maximum absolute atomic E-state index is 11.4. The van der Waals surface area contributed by atoms with Gasteiger partial charge in [0.15, 0.2) is 11.5 Å². The first-order chi connectivity index (χ1) is 8.60. The Morgan fingerprint density at radius 1 is 1.32 bits per heavy atom. The summed E-state index contributed by atoms with van der Waals surface area (Å²) < 4.78 is 28.8. The molecule has 7 nitrogen and oxygen atoms in total. The minimum Gasteiger partial charge on any atom is -0.504 e. The lowest BCUT2D eigenvalue weighted by Gasteiger charge is -2.08. The third kappa shape index (κ3) is 5.10. The average molecular weight is 511 g/mol. The van der Waals surface area contributed by atoms with E-state index in [0.29, 0.717) is 7.14 Å². The Morgan fingerprint density at radius 3 is 2.37 bits per heavy atom. The molecule has 0 aliphatic carbocycles. The molecule has 2 N–H and O–H groups in total. The van der Waals surface area contributed by atoms with Crippen LogP contribution < -0.4 is 9.46 Å². The number of phenols is 1. The van der Waals surface area contributed by atoms with Gasteiger partial charge in [0, 0.05) is 3.57 Å². The number of amides is 1. The van der Waals surface area contributed by atoms with E-state index >= 15 is 0 Å². The molecule has 0 saturated carbocycles.